The maximum absolute atomic E-state index is 5.49. The maximum atomic E-state index is 5.49. The summed E-state index contributed by atoms with van der Waals surface area (Å²) in [7, 11) is 1.04. The van der Waals surface area contributed by atoms with Crippen LogP contribution in [0.25, 0.3) is 0 Å². The molecule has 3 aromatic carbocycles. The molecule has 0 saturated carbocycles. The topological polar surface area (TPSA) is 35.3 Å². The number of methoxy groups -OCH3 is 1. The maximum Gasteiger partial charge on any atom is 0.184 e. The normalized spacial score (nSPS) is 11.0. The summed E-state index contributed by atoms with van der Waals surface area (Å²) < 4.78 is 10.9. The first kappa shape index (κ1) is 18.5. The Balaban J connectivity index is 1.73. The van der Waals surface area contributed by atoms with Crippen LogP contribution in [0.1, 0.15) is 17.0 Å². The molecule has 4 heteroatoms. The van der Waals surface area contributed by atoms with Crippen molar-refractivity contribution < 1.29 is 9.26 Å². The summed E-state index contributed by atoms with van der Waals surface area (Å²) in [6.45, 7) is 1.90. The Labute approximate surface area is 166 Å². The van der Waals surface area contributed by atoms with Gasteiger partial charge in [0.05, 0.1) is 7.11 Å². The van der Waals surface area contributed by atoms with Crippen molar-refractivity contribution >= 4 is 23.8 Å². The molecule has 4 rings (SSSR count). The molecule has 0 radical (unpaired) electrons. The van der Waals surface area contributed by atoms with Crippen molar-refractivity contribution in [3.8, 4) is 5.75 Å². The van der Waals surface area contributed by atoms with E-state index < -0.39 is 7.92 Å². The van der Waals surface area contributed by atoms with E-state index in [1.807, 2.05) is 6.92 Å². The highest BCUT2D eigenvalue weighted by Crippen LogP contribution is 2.33. The lowest BCUT2D eigenvalue weighted by Crippen LogP contribution is -2.20. The van der Waals surface area contributed by atoms with Crippen LogP contribution >= 0.6 is 7.92 Å². The number of aryl methyl sites for hydroxylation is 1. The molecule has 0 N–H and O–H groups in total. The molecule has 0 spiro atoms. The van der Waals surface area contributed by atoms with E-state index in [4.69, 9.17) is 9.26 Å². The minimum atomic E-state index is -0.620. The summed E-state index contributed by atoms with van der Waals surface area (Å²) in [5.41, 5.74) is 1.97. The lowest BCUT2D eigenvalue weighted by Gasteiger charge is -2.20. The van der Waals surface area contributed by atoms with E-state index in [1.54, 1.807) is 7.11 Å². The molecule has 0 aliphatic carbocycles. The molecular weight excluding hydrogens is 365 g/mol. The first-order valence-corrected chi connectivity index (χ1v) is 10.6. The average molecular weight is 387 g/mol. The first-order valence-electron chi connectivity index (χ1n) is 9.24. The number of ether oxygens (including phenoxy) is 1. The fourth-order valence-corrected chi connectivity index (χ4v) is 5.74. The SMILES string of the molecule is COc1c(C)noc1Cc1cccc(P(c2ccccc2)c2ccccc2)c1. The zero-order valence-corrected chi connectivity index (χ0v) is 16.9. The molecule has 0 atom stereocenters. The molecule has 0 bridgehead atoms. The number of nitrogens with zero attached hydrogens (tertiary/aromatic N) is 1. The number of aromatic nitrogens is 1. The van der Waals surface area contributed by atoms with Gasteiger partial charge in [0.15, 0.2) is 11.5 Å². The largest absolute Gasteiger partial charge is 0.491 e. The second-order valence-corrected chi connectivity index (χ2v) is 8.80. The van der Waals surface area contributed by atoms with Crippen LogP contribution in [0, 0.1) is 6.92 Å². The van der Waals surface area contributed by atoms with E-state index in [1.165, 1.54) is 21.5 Å². The second kappa shape index (κ2) is 8.41. The van der Waals surface area contributed by atoms with Crippen LogP contribution in [0.4, 0.5) is 0 Å². The summed E-state index contributed by atoms with van der Waals surface area (Å²) in [4.78, 5) is 0. The predicted octanol–water partition coefficient (Wildman–Crippen LogP) is 4.34. The fraction of sp³-hybridized carbons (Fsp3) is 0.125. The zero-order valence-electron chi connectivity index (χ0n) is 16.0. The molecule has 1 aromatic heterocycles. The van der Waals surface area contributed by atoms with Gasteiger partial charge < -0.3 is 9.26 Å². The van der Waals surface area contributed by atoms with E-state index in [9.17, 15) is 0 Å². The Hall–Kier alpha value is -2.90. The van der Waals surface area contributed by atoms with Crippen LogP contribution in [0.3, 0.4) is 0 Å². The quantitative estimate of drug-likeness (QED) is 0.462. The Bertz CT molecular complexity index is 1010. The number of rotatable bonds is 6. The summed E-state index contributed by atoms with van der Waals surface area (Å²) in [6.07, 6.45) is 0.657. The molecule has 4 aromatic rings. The van der Waals surface area contributed by atoms with Gasteiger partial charge in [-0.1, -0.05) is 90.1 Å². The van der Waals surface area contributed by atoms with Crippen LogP contribution in [0.2, 0.25) is 0 Å². The molecular formula is C24H22NO2P. The monoisotopic (exact) mass is 387 g/mol. The third-order valence-corrected chi connectivity index (χ3v) is 7.06. The van der Waals surface area contributed by atoms with Gasteiger partial charge in [-0.25, -0.2) is 0 Å². The van der Waals surface area contributed by atoms with Crippen molar-refractivity contribution in [3.05, 3.63) is 102 Å². The van der Waals surface area contributed by atoms with Gasteiger partial charge in [0.1, 0.15) is 5.69 Å². The van der Waals surface area contributed by atoms with E-state index in [0.717, 1.165) is 17.2 Å². The summed E-state index contributed by atoms with van der Waals surface area (Å²) in [5, 5.41) is 8.04. The van der Waals surface area contributed by atoms with Crippen LogP contribution < -0.4 is 20.7 Å². The molecule has 0 aliphatic rings. The van der Waals surface area contributed by atoms with Gasteiger partial charge in [-0.05, 0) is 36.3 Å². The van der Waals surface area contributed by atoms with Gasteiger partial charge >= 0.3 is 0 Å². The molecule has 0 unspecified atom stereocenters. The van der Waals surface area contributed by atoms with Gasteiger partial charge in [0, 0.05) is 6.42 Å². The predicted molar refractivity (Wildman–Crippen MR) is 116 cm³/mol. The minimum absolute atomic E-state index is 0.620. The molecule has 0 fully saturated rings. The van der Waals surface area contributed by atoms with E-state index >= 15 is 0 Å². The van der Waals surface area contributed by atoms with Crippen LogP contribution in [-0.4, -0.2) is 12.3 Å². The highest BCUT2D eigenvalue weighted by atomic mass is 31.1. The highest BCUT2D eigenvalue weighted by Gasteiger charge is 2.18. The third-order valence-electron chi connectivity index (χ3n) is 4.64. The smallest absolute Gasteiger partial charge is 0.184 e. The summed E-state index contributed by atoms with van der Waals surface area (Å²) >= 11 is 0. The summed E-state index contributed by atoms with van der Waals surface area (Å²) in [5.74, 6) is 1.50. The standard InChI is InChI=1S/C24H22NO2P/c1-18-24(26-2)23(27-25-18)17-19-10-9-15-22(16-19)28(20-11-5-3-6-12-20)21-13-7-4-8-14-21/h3-16H,17H2,1-2H3. The van der Waals surface area contributed by atoms with Gasteiger partial charge in [0.25, 0.3) is 0 Å². The molecule has 0 amide bonds. The Kier molecular flexibility index (Phi) is 5.55. The Morgan fingerprint density at radius 3 is 2.04 bits per heavy atom. The minimum Gasteiger partial charge on any atom is -0.491 e. The van der Waals surface area contributed by atoms with Gasteiger partial charge in [-0.2, -0.15) is 0 Å². The molecule has 1 heterocycles. The van der Waals surface area contributed by atoms with Crippen molar-refractivity contribution in [1.29, 1.82) is 0 Å². The van der Waals surface area contributed by atoms with Crippen molar-refractivity contribution in [2.75, 3.05) is 7.11 Å². The third kappa shape index (κ3) is 3.85. The Morgan fingerprint density at radius 2 is 1.43 bits per heavy atom. The lowest BCUT2D eigenvalue weighted by molar-refractivity contribution is 0.364. The van der Waals surface area contributed by atoms with Gasteiger partial charge in [-0.3, -0.25) is 0 Å². The fourth-order valence-electron chi connectivity index (χ4n) is 3.37. The number of hydrogen-bond donors (Lipinski definition) is 0. The van der Waals surface area contributed by atoms with Crippen LogP contribution in [-0.2, 0) is 6.42 Å². The van der Waals surface area contributed by atoms with Crippen molar-refractivity contribution in [2.24, 2.45) is 0 Å². The van der Waals surface area contributed by atoms with Crippen molar-refractivity contribution in [2.45, 2.75) is 13.3 Å². The highest BCUT2D eigenvalue weighted by molar-refractivity contribution is 7.79. The molecule has 3 nitrogen and oxygen atoms in total. The number of hydrogen-bond acceptors (Lipinski definition) is 3. The van der Waals surface area contributed by atoms with Crippen LogP contribution in [0.15, 0.2) is 89.5 Å². The first-order chi connectivity index (χ1) is 13.8. The molecule has 140 valence electrons. The Morgan fingerprint density at radius 1 is 0.821 bits per heavy atom. The van der Waals surface area contributed by atoms with Gasteiger partial charge in [0.2, 0.25) is 0 Å². The van der Waals surface area contributed by atoms with Crippen molar-refractivity contribution in [1.82, 2.24) is 5.16 Å². The van der Waals surface area contributed by atoms with Crippen LogP contribution in [0.5, 0.6) is 5.75 Å². The van der Waals surface area contributed by atoms with Crippen molar-refractivity contribution in [3.63, 3.8) is 0 Å². The molecule has 0 aliphatic heterocycles. The second-order valence-electron chi connectivity index (χ2n) is 6.58. The molecule has 28 heavy (non-hydrogen) atoms. The molecule has 0 saturated heterocycles. The van der Waals surface area contributed by atoms with E-state index in [-0.39, 0.29) is 0 Å². The zero-order chi connectivity index (χ0) is 19.3. The van der Waals surface area contributed by atoms with E-state index in [0.29, 0.717) is 6.42 Å². The average Bonchev–Trinajstić information content (AvgIpc) is 3.09. The number of benzene rings is 3. The van der Waals surface area contributed by atoms with Gasteiger partial charge in [-0.15, -0.1) is 0 Å². The van der Waals surface area contributed by atoms with E-state index in [2.05, 4.69) is 90.1 Å². The summed E-state index contributed by atoms with van der Waals surface area (Å²) in [6, 6.07) is 30.2. The lowest BCUT2D eigenvalue weighted by atomic mass is 10.1.